The van der Waals surface area contributed by atoms with Crippen molar-refractivity contribution < 1.29 is 4.92 Å². The van der Waals surface area contributed by atoms with Crippen LogP contribution in [-0.2, 0) is 12.8 Å². The number of nitro groups is 1. The fourth-order valence-corrected chi connectivity index (χ4v) is 3.55. The van der Waals surface area contributed by atoms with E-state index in [1.807, 2.05) is 24.3 Å². The molecule has 0 bridgehead atoms. The molecule has 0 fully saturated rings. The number of halogens is 1. The fraction of sp³-hybridized carbons (Fsp3) is 0.294. The van der Waals surface area contributed by atoms with Crippen LogP contribution in [0, 0.1) is 16.0 Å². The Balaban J connectivity index is 1.72. The van der Waals surface area contributed by atoms with Crippen LogP contribution in [0.1, 0.15) is 28.5 Å². The van der Waals surface area contributed by atoms with E-state index in [1.165, 1.54) is 11.1 Å². The minimum Gasteiger partial charge on any atom is -0.258 e. The highest BCUT2D eigenvalue weighted by molar-refractivity contribution is 6.21. The zero-order valence-electron chi connectivity index (χ0n) is 11.5. The Kier molecular flexibility index (Phi) is 3.93. The van der Waals surface area contributed by atoms with Gasteiger partial charge in [0.05, 0.1) is 10.3 Å². The second kappa shape index (κ2) is 5.86. The summed E-state index contributed by atoms with van der Waals surface area (Å²) in [5.41, 5.74) is 3.53. The molecule has 0 N–H and O–H groups in total. The summed E-state index contributed by atoms with van der Waals surface area (Å²) in [6.45, 7) is 0. The van der Waals surface area contributed by atoms with Gasteiger partial charge < -0.3 is 0 Å². The molecule has 0 saturated heterocycles. The molecule has 3 nitrogen and oxygen atoms in total. The molecule has 0 amide bonds. The molecule has 3 rings (SSSR count). The second-order valence-corrected chi connectivity index (χ2v) is 5.96. The lowest BCUT2D eigenvalue weighted by atomic mass is 9.96. The van der Waals surface area contributed by atoms with Gasteiger partial charge in [0.2, 0.25) is 0 Å². The molecule has 1 aliphatic carbocycles. The van der Waals surface area contributed by atoms with E-state index in [1.54, 1.807) is 12.1 Å². The number of benzene rings is 2. The predicted molar refractivity (Wildman–Crippen MR) is 83.6 cm³/mol. The van der Waals surface area contributed by atoms with Crippen LogP contribution in [-0.4, -0.2) is 4.92 Å². The van der Waals surface area contributed by atoms with Gasteiger partial charge in [-0.2, -0.15) is 0 Å². The summed E-state index contributed by atoms with van der Waals surface area (Å²) in [4.78, 5) is 10.7. The van der Waals surface area contributed by atoms with E-state index in [9.17, 15) is 10.1 Å². The highest BCUT2D eigenvalue weighted by Gasteiger charge is 2.30. The Bertz CT molecular complexity index is 671. The third-order valence-corrected chi connectivity index (χ3v) is 4.81. The summed E-state index contributed by atoms with van der Waals surface area (Å²) in [6.07, 6.45) is 2.53. The Morgan fingerprint density at radius 2 is 1.86 bits per heavy atom. The monoisotopic (exact) mass is 301 g/mol. The standard InChI is InChI=1S/C17H16ClNO2/c18-17-14(11-13-6-1-3-7-15(13)17)10-9-12-5-2-4-8-16(12)19(20)21/h1-8,14,17H,9-11H2. The van der Waals surface area contributed by atoms with Gasteiger partial charge >= 0.3 is 0 Å². The minimum absolute atomic E-state index is 0.0176. The summed E-state index contributed by atoms with van der Waals surface area (Å²) in [5.74, 6) is 0.351. The average Bonchev–Trinajstić information content (AvgIpc) is 2.82. The van der Waals surface area contributed by atoms with Crippen molar-refractivity contribution in [2.75, 3.05) is 0 Å². The highest BCUT2D eigenvalue weighted by Crippen LogP contribution is 2.43. The first-order chi connectivity index (χ1) is 10.2. The molecule has 21 heavy (non-hydrogen) atoms. The topological polar surface area (TPSA) is 43.1 Å². The third-order valence-electron chi connectivity index (χ3n) is 4.22. The van der Waals surface area contributed by atoms with E-state index in [-0.39, 0.29) is 16.0 Å². The van der Waals surface area contributed by atoms with Crippen molar-refractivity contribution in [3.05, 3.63) is 75.3 Å². The summed E-state index contributed by atoms with van der Waals surface area (Å²) >= 11 is 6.54. The summed E-state index contributed by atoms with van der Waals surface area (Å²) in [5, 5.41) is 11.1. The van der Waals surface area contributed by atoms with Crippen molar-refractivity contribution in [2.24, 2.45) is 5.92 Å². The molecule has 0 spiro atoms. The van der Waals surface area contributed by atoms with E-state index in [4.69, 9.17) is 11.6 Å². The molecule has 108 valence electrons. The van der Waals surface area contributed by atoms with Gasteiger partial charge in [0, 0.05) is 11.6 Å². The molecule has 0 aliphatic heterocycles. The van der Waals surface area contributed by atoms with Crippen LogP contribution >= 0.6 is 11.6 Å². The maximum atomic E-state index is 11.0. The molecular weight excluding hydrogens is 286 g/mol. The lowest BCUT2D eigenvalue weighted by molar-refractivity contribution is -0.385. The van der Waals surface area contributed by atoms with Crippen LogP contribution < -0.4 is 0 Å². The number of para-hydroxylation sites is 1. The highest BCUT2D eigenvalue weighted by atomic mass is 35.5. The van der Waals surface area contributed by atoms with E-state index >= 15 is 0 Å². The van der Waals surface area contributed by atoms with Gasteiger partial charge in [0.25, 0.3) is 5.69 Å². The molecule has 0 saturated carbocycles. The number of hydrogen-bond acceptors (Lipinski definition) is 2. The Hall–Kier alpha value is -1.87. The lowest BCUT2D eigenvalue weighted by Gasteiger charge is -2.14. The van der Waals surface area contributed by atoms with Gasteiger partial charge in [0.1, 0.15) is 0 Å². The maximum absolute atomic E-state index is 11.0. The fourth-order valence-electron chi connectivity index (χ4n) is 3.12. The largest absolute Gasteiger partial charge is 0.272 e. The molecule has 2 atom stereocenters. The number of hydrogen-bond donors (Lipinski definition) is 0. The van der Waals surface area contributed by atoms with Crippen molar-refractivity contribution in [1.82, 2.24) is 0 Å². The van der Waals surface area contributed by atoms with E-state index in [0.717, 1.165) is 18.4 Å². The van der Waals surface area contributed by atoms with Gasteiger partial charge in [-0.15, -0.1) is 11.6 Å². The zero-order chi connectivity index (χ0) is 14.8. The number of fused-ring (bicyclic) bond motifs is 1. The SMILES string of the molecule is O=[N+]([O-])c1ccccc1CCC1Cc2ccccc2C1Cl. The van der Waals surface area contributed by atoms with Crippen LogP contribution in [0.3, 0.4) is 0 Å². The summed E-state index contributed by atoms with van der Waals surface area (Å²) in [7, 11) is 0. The molecule has 0 radical (unpaired) electrons. The van der Waals surface area contributed by atoms with Crippen LogP contribution in [0.2, 0.25) is 0 Å². The normalized spacial score (nSPS) is 20.2. The summed E-state index contributed by atoms with van der Waals surface area (Å²) < 4.78 is 0. The third kappa shape index (κ3) is 2.79. The first-order valence-electron chi connectivity index (χ1n) is 7.11. The van der Waals surface area contributed by atoms with E-state index in [0.29, 0.717) is 12.3 Å². The van der Waals surface area contributed by atoms with Crippen molar-refractivity contribution in [2.45, 2.75) is 24.6 Å². The number of rotatable bonds is 4. The van der Waals surface area contributed by atoms with Crippen LogP contribution in [0.4, 0.5) is 5.69 Å². The maximum Gasteiger partial charge on any atom is 0.272 e. The molecule has 4 heteroatoms. The zero-order valence-corrected chi connectivity index (χ0v) is 12.3. The van der Waals surface area contributed by atoms with Gasteiger partial charge in [-0.1, -0.05) is 42.5 Å². The number of alkyl halides is 1. The second-order valence-electron chi connectivity index (χ2n) is 5.49. The van der Waals surface area contributed by atoms with Crippen molar-refractivity contribution in [1.29, 1.82) is 0 Å². The van der Waals surface area contributed by atoms with E-state index < -0.39 is 0 Å². The van der Waals surface area contributed by atoms with Gasteiger partial charge in [-0.3, -0.25) is 10.1 Å². The lowest BCUT2D eigenvalue weighted by Crippen LogP contribution is -2.05. The number of aryl methyl sites for hydroxylation is 1. The van der Waals surface area contributed by atoms with Gasteiger partial charge in [0.15, 0.2) is 0 Å². The molecule has 1 aliphatic rings. The van der Waals surface area contributed by atoms with Crippen molar-refractivity contribution >= 4 is 17.3 Å². The molecule has 2 unspecified atom stereocenters. The molecular formula is C17H16ClNO2. The van der Waals surface area contributed by atoms with Crippen LogP contribution in [0.25, 0.3) is 0 Å². The Morgan fingerprint density at radius 1 is 1.14 bits per heavy atom. The summed E-state index contributed by atoms with van der Waals surface area (Å²) in [6, 6.07) is 15.2. The number of nitrogens with zero attached hydrogens (tertiary/aromatic N) is 1. The molecule has 2 aromatic rings. The van der Waals surface area contributed by atoms with Crippen LogP contribution in [0.5, 0.6) is 0 Å². The average molecular weight is 302 g/mol. The van der Waals surface area contributed by atoms with Gasteiger partial charge in [-0.25, -0.2) is 0 Å². The molecule has 0 heterocycles. The van der Waals surface area contributed by atoms with E-state index in [2.05, 4.69) is 12.1 Å². The van der Waals surface area contributed by atoms with Gasteiger partial charge in [-0.05, 0) is 36.3 Å². The Morgan fingerprint density at radius 3 is 2.62 bits per heavy atom. The molecule has 0 aromatic heterocycles. The quantitative estimate of drug-likeness (QED) is 0.467. The molecule has 2 aromatic carbocycles. The minimum atomic E-state index is -0.309. The first kappa shape index (κ1) is 14.1. The number of nitro benzene ring substituents is 1. The Labute approximate surface area is 128 Å². The smallest absolute Gasteiger partial charge is 0.258 e. The predicted octanol–water partition coefficient (Wildman–Crippen LogP) is 4.68. The van der Waals surface area contributed by atoms with Crippen LogP contribution in [0.15, 0.2) is 48.5 Å². The first-order valence-corrected chi connectivity index (χ1v) is 7.54. The van der Waals surface area contributed by atoms with Crippen molar-refractivity contribution in [3.8, 4) is 0 Å². The van der Waals surface area contributed by atoms with Crippen molar-refractivity contribution in [3.63, 3.8) is 0 Å².